The molecule has 1 fully saturated rings. The van der Waals surface area contributed by atoms with Crippen LogP contribution in [0.3, 0.4) is 0 Å². The molecule has 1 aliphatic heterocycles. The first kappa shape index (κ1) is 13.9. The molecule has 0 N–H and O–H groups in total. The minimum absolute atomic E-state index is 0.0310. The molecule has 0 bridgehead atoms. The Kier molecular flexibility index (Phi) is 7.76. The molecule has 1 rings (SSSR count). The van der Waals surface area contributed by atoms with E-state index in [2.05, 4.69) is 13.8 Å². The van der Waals surface area contributed by atoms with Crippen LogP contribution in [0.1, 0.15) is 46.0 Å². The van der Waals surface area contributed by atoms with Gasteiger partial charge >= 0.3 is 0 Å². The van der Waals surface area contributed by atoms with Gasteiger partial charge in [-0.05, 0) is 12.8 Å². The van der Waals surface area contributed by atoms with Crippen LogP contribution in [0.2, 0.25) is 0 Å². The lowest BCUT2D eigenvalue weighted by Gasteiger charge is -2.07. The van der Waals surface area contributed by atoms with Gasteiger partial charge in [0.05, 0.1) is 6.61 Å². The fourth-order valence-electron chi connectivity index (χ4n) is 1.45. The summed E-state index contributed by atoms with van der Waals surface area (Å²) in [6.07, 6.45) is 5.06. The molecule has 96 valence electrons. The van der Waals surface area contributed by atoms with E-state index in [0.717, 1.165) is 45.3 Å². The highest BCUT2D eigenvalue weighted by Crippen LogP contribution is 2.18. The molecule has 4 nitrogen and oxygen atoms in total. The van der Waals surface area contributed by atoms with E-state index in [9.17, 15) is 0 Å². The minimum Gasteiger partial charge on any atom is -0.379 e. The standard InChI is InChI=1S/C12H24O4/c1-3-5-7-13-10-11-9-12(16-15-11)14-8-6-4-2/h11-12H,3-10H2,1-2H3/t11-,12?/m0/s1. The van der Waals surface area contributed by atoms with Crippen LogP contribution in [-0.2, 0) is 19.2 Å². The maximum atomic E-state index is 5.50. The zero-order valence-corrected chi connectivity index (χ0v) is 10.4. The molecule has 0 spiro atoms. The zero-order chi connectivity index (χ0) is 11.6. The lowest BCUT2D eigenvalue weighted by Crippen LogP contribution is -2.16. The monoisotopic (exact) mass is 232 g/mol. The van der Waals surface area contributed by atoms with Gasteiger partial charge < -0.3 is 9.47 Å². The summed E-state index contributed by atoms with van der Waals surface area (Å²) < 4.78 is 11.0. The van der Waals surface area contributed by atoms with Crippen LogP contribution in [0, 0.1) is 0 Å². The average molecular weight is 232 g/mol. The second-order valence-corrected chi connectivity index (χ2v) is 4.13. The molecular weight excluding hydrogens is 208 g/mol. The Balaban J connectivity index is 1.97. The van der Waals surface area contributed by atoms with Gasteiger partial charge in [-0.25, -0.2) is 9.78 Å². The zero-order valence-electron chi connectivity index (χ0n) is 10.4. The van der Waals surface area contributed by atoms with E-state index in [-0.39, 0.29) is 12.4 Å². The molecule has 2 atom stereocenters. The van der Waals surface area contributed by atoms with Crippen molar-refractivity contribution in [2.75, 3.05) is 19.8 Å². The molecule has 1 unspecified atom stereocenters. The third-order valence-electron chi connectivity index (χ3n) is 2.50. The molecule has 1 heterocycles. The van der Waals surface area contributed by atoms with Crippen LogP contribution in [0.5, 0.6) is 0 Å². The second-order valence-electron chi connectivity index (χ2n) is 4.13. The largest absolute Gasteiger partial charge is 0.379 e. The van der Waals surface area contributed by atoms with Crippen molar-refractivity contribution in [3.63, 3.8) is 0 Å². The maximum absolute atomic E-state index is 5.50. The average Bonchev–Trinajstić information content (AvgIpc) is 2.73. The van der Waals surface area contributed by atoms with E-state index >= 15 is 0 Å². The number of unbranched alkanes of at least 4 members (excludes halogenated alkanes) is 2. The summed E-state index contributed by atoms with van der Waals surface area (Å²) in [5.74, 6) is 0. The van der Waals surface area contributed by atoms with Crippen molar-refractivity contribution in [1.29, 1.82) is 0 Å². The normalized spacial score (nSPS) is 25.1. The Morgan fingerprint density at radius 1 is 1.06 bits per heavy atom. The fraction of sp³-hybridized carbons (Fsp3) is 1.00. The summed E-state index contributed by atoms with van der Waals surface area (Å²) in [5.41, 5.74) is 0. The van der Waals surface area contributed by atoms with Crippen LogP contribution in [0.25, 0.3) is 0 Å². The first-order valence-corrected chi connectivity index (χ1v) is 6.38. The van der Waals surface area contributed by atoms with Crippen molar-refractivity contribution < 1.29 is 19.2 Å². The summed E-state index contributed by atoms with van der Waals surface area (Å²) in [6.45, 7) is 6.44. The van der Waals surface area contributed by atoms with E-state index in [4.69, 9.17) is 19.2 Å². The van der Waals surface area contributed by atoms with Gasteiger partial charge in [0.2, 0.25) is 0 Å². The quantitative estimate of drug-likeness (QED) is 0.452. The van der Waals surface area contributed by atoms with Gasteiger partial charge in [-0.15, -0.1) is 0 Å². The first-order valence-electron chi connectivity index (χ1n) is 6.38. The molecule has 0 aromatic rings. The Morgan fingerprint density at radius 2 is 1.81 bits per heavy atom. The van der Waals surface area contributed by atoms with Gasteiger partial charge in [0, 0.05) is 19.6 Å². The fourth-order valence-corrected chi connectivity index (χ4v) is 1.45. The highest BCUT2D eigenvalue weighted by molar-refractivity contribution is 4.62. The number of hydrogen-bond donors (Lipinski definition) is 0. The molecule has 0 amide bonds. The van der Waals surface area contributed by atoms with Gasteiger partial charge in [-0.2, -0.15) is 0 Å². The molecule has 0 saturated carbocycles. The van der Waals surface area contributed by atoms with Crippen molar-refractivity contribution in [3.8, 4) is 0 Å². The van der Waals surface area contributed by atoms with E-state index in [1.807, 2.05) is 0 Å². The van der Waals surface area contributed by atoms with Crippen molar-refractivity contribution in [3.05, 3.63) is 0 Å². The number of rotatable bonds is 9. The first-order chi connectivity index (χ1) is 7.86. The summed E-state index contributed by atoms with van der Waals surface area (Å²) in [6, 6.07) is 0. The molecule has 0 radical (unpaired) electrons. The van der Waals surface area contributed by atoms with Crippen LogP contribution in [0.4, 0.5) is 0 Å². The van der Waals surface area contributed by atoms with Crippen LogP contribution >= 0.6 is 0 Å². The number of hydrogen-bond acceptors (Lipinski definition) is 4. The van der Waals surface area contributed by atoms with Crippen LogP contribution < -0.4 is 0 Å². The Labute approximate surface area is 98.1 Å². The summed E-state index contributed by atoms with van der Waals surface area (Å²) >= 11 is 0. The molecule has 16 heavy (non-hydrogen) atoms. The molecule has 1 aliphatic rings. The topological polar surface area (TPSA) is 36.9 Å². The van der Waals surface area contributed by atoms with Gasteiger partial charge in [0.25, 0.3) is 0 Å². The minimum atomic E-state index is -0.202. The molecule has 4 heteroatoms. The van der Waals surface area contributed by atoms with Gasteiger partial charge in [-0.1, -0.05) is 26.7 Å². The summed E-state index contributed by atoms with van der Waals surface area (Å²) in [4.78, 5) is 10.2. The van der Waals surface area contributed by atoms with Crippen LogP contribution in [-0.4, -0.2) is 32.2 Å². The van der Waals surface area contributed by atoms with Gasteiger partial charge in [0.15, 0.2) is 6.29 Å². The molecule has 0 aliphatic carbocycles. The van der Waals surface area contributed by atoms with Crippen LogP contribution in [0.15, 0.2) is 0 Å². The van der Waals surface area contributed by atoms with E-state index < -0.39 is 0 Å². The highest BCUT2D eigenvalue weighted by Gasteiger charge is 2.27. The highest BCUT2D eigenvalue weighted by atomic mass is 17.2. The Hall–Kier alpha value is -0.160. The lowest BCUT2D eigenvalue weighted by molar-refractivity contribution is -0.344. The predicted molar refractivity (Wildman–Crippen MR) is 61.0 cm³/mol. The van der Waals surface area contributed by atoms with Crippen molar-refractivity contribution in [2.24, 2.45) is 0 Å². The summed E-state index contributed by atoms with van der Waals surface area (Å²) in [5, 5.41) is 0. The van der Waals surface area contributed by atoms with E-state index in [1.165, 1.54) is 0 Å². The molecule has 1 saturated heterocycles. The van der Waals surface area contributed by atoms with Gasteiger partial charge in [-0.3, -0.25) is 0 Å². The smallest absolute Gasteiger partial charge is 0.193 e. The maximum Gasteiger partial charge on any atom is 0.193 e. The van der Waals surface area contributed by atoms with E-state index in [1.54, 1.807) is 0 Å². The van der Waals surface area contributed by atoms with Crippen molar-refractivity contribution >= 4 is 0 Å². The second kappa shape index (κ2) is 8.93. The Morgan fingerprint density at radius 3 is 2.56 bits per heavy atom. The summed E-state index contributed by atoms with van der Waals surface area (Å²) in [7, 11) is 0. The molecular formula is C12H24O4. The number of ether oxygens (including phenoxy) is 2. The molecule has 0 aromatic heterocycles. The SMILES string of the molecule is CCCCOC[C@@H]1CC(OCCCC)OO1. The van der Waals surface area contributed by atoms with E-state index in [0.29, 0.717) is 6.61 Å². The predicted octanol–water partition coefficient (Wildman–Crippen LogP) is 2.67. The van der Waals surface area contributed by atoms with Crippen molar-refractivity contribution in [2.45, 2.75) is 58.3 Å². The molecule has 0 aromatic carbocycles. The third kappa shape index (κ3) is 5.80. The Bertz CT molecular complexity index is 163. The lowest BCUT2D eigenvalue weighted by atomic mass is 10.2. The van der Waals surface area contributed by atoms with Crippen molar-refractivity contribution in [1.82, 2.24) is 0 Å². The van der Waals surface area contributed by atoms with Gasteiger partial charge in [0.1, 0.15) is 6.10 Å². The third-order valence-corrected chi connectivity index (χ3v) is 2.50.